The maximum absolute atomic E-state index is 6.18. The number of halogens is 4. The normalized spacial score (nSPS) is 11.8. The van der Waals surface area contributed by atoms with Gasteiger partial charge in [0.25, 0.3) is 6.69 Å². The van der Waals surface area contributed by atoms with Gasteiger partial charge in [-0.25, -0.2) is 0 Å². The van der Waals surface area contributed by atoms with Crippen LogP contribution in [0.3, 0.4) is 0 Å². The van der Waals surface area contributed by atoms with Crippen molar-refractivity contribution in [2.45, 2.75) is 13.0 Å². The first-order chi connectivity index (χ1) is 5.97. The van der Waals surface area contributed by atoms with Gasteiger partial charge < -0.3 is 0 Å². The SMILES string of the molecule is CC[Si](Cl)(Cl)c1ccc(Cl)cc1Cl. The minimum Gasteiger partial charge on any atom is -0.140 e. The fourth-order valence-corrected chi connectivity index (χ4v) is 4.28. The highest BCUT2D eigenvalue weighted by Gasteiger charge is 2.30. The van der Waals surface area contributed by atoms with E-state index in [1.165, 1.54) is 0 Å². The van der Waals surface area contributed by atoms with Gasteiger partial charge in [0.05, 0.1) is 0 Å². The van der Waals surface area contributed by atoms with Crippen LogP contribution in [0.2, 0.25) is 16.1 Å². The Morgan fingerprint density at radius 3 is 2.31 bits per heavy atom. The fourth-order valence-electron chi connectivity index (χ4n) is 0.977. The number of rotatable bonds is 2. The molecule has 0 unspecified atom stereocenters. The minimum atomic E-state index is -2.37. The van der Waals surface area contributed by atoms with Crippen molar-refractivity contribution in [3.63, 3.8) is 0 Å². The van der Waals surface area contributed by atoms with E-state index in [1.54, 1.807) is 18.2 Å². The molecule has 0 saturated carbocycles. The molecule has 0 bridgehead atoms. The Hall–Kier alpha value is 0.597. The molecule has 0 aromatic heterocycles. The summed E-state index contributed by atoms with van der Waals surface area (Å²) in [4.78, 5) is 0. The maximum atomic E-state index is 6.18. The van der Waals surface area contributed by atoms with E-state index in [0.29, 0.717) is 10.0 Å². The summed E-state index contributed by atoms with van der Waals surface area (Å²) in [6.45, 7) is -0.411. The summed E-state index contributed by atoms with van der Waals surface area (Å²) in [5, 5.41) is 2.00. The molecule has 13 heavy (non-hydrogen) atoms. The van der Waals surface area contributed by atoms with Crippen molar-refractivity contribution < 1.29 is 0 Å². The number of hydrogen-bond acceptors (Lipinski definition) is 0. The Kier molecular flexibility index (Phi) is 3.96. The Balaban J connectivity index is 3.16. The summed E-state index contributed by atoms with van der Waals surface area (Å²) in [6, 6.07) is 5.96. The van der Waals surface area contributed by atoms with Crippen molar-refractivity contribution in [3.8, 4) is 0 Å². The van der Waals surface area contributed by atoms with Crippen LogP contribution in [0.15, 0.2) is 18.2 Å². The van der Waals surface area contributed by atoms with Crippen LogP contribution in [-0.2, 0) is 0 Å². The van der Waals surface area contributed by atoms with Crippen LogP contribution < -0.4 is 5.19 Å². The highest BCUT2D eigenvalue weighted by atomic mass is 35.7. The van der Waals surface area contributed by atoms with Gasteiger partial charge in [0.1, 0.15) is 0 Å². The average Bonchev–Trinajstić information content (AvgIpc) is 2.03. The van der Waals surface area contributed by atoms with E-state index in [9.17, 15) is 0 Å². The maximum Gasteiger partial charge on any atom is 0.282 e. The van der Waals surface area contributed by atoms with Crippen LogP contribution in [0.1, 0.15) is 6.92 Å². The lowest BCUT2D eigenvalue weighted by Crippen LogP contribution is -2.36. The van der Waals surface area contributed by atoms with Crippen LogP contribution >= 0.6 is 45.4 Å². The van der Waals surface area contributed by atoms with Crippen molar-refractivity contribution >= 4 is 57.2 Å². The summed E-state index contributed by atoms with van der Waals surface area (Å²) < 4.78 is 0. The molecule has 5 heteroatoms. The second-order valence-corrected chi connectivity index (χ2v) is 10.6. The van der Waals surface area contributed by atoms with Gasteiger partial charge >= 0.3 is 0 Å². The second-order valence-electron chi connectivity index (χ2n) is 2.68. The van der Waals surface area contributed by atoms with E-state index < -0.39 is 6.69 Å². The van der Waals surface area contributed by atoms with E-state index in [0.717, 1.165) is 11.2 Å². The fraction of sp³-hybridized carbons (Fsp3) is 0.250. The van der Waals surface area contributed by atoms with Gasteiger partial charge in [-0.05, 0) is 23.4 Å². The molecular formula is C8H8Cl4Si. The van der Waals surface area contributed by atoms with Crippen LogP contribution in [0, 0.1) is 0 Å². The molecule has 0 nitrogen and oxygen atoms in total. The Labute approximate surface area is 98.2 Å². The molecule has 0 aliphatic heterocycles. The van der Waals surface area contributed by atoms with Crippen molar-refractivity contribution in [2.75, 3.05) is 0 Å². The van der Waals surface area contributed by atoms with E-state index in [1.807, 2.05) is 6.92 Å². The third kappa shape index (κ3) is 2.77. The molecule has 72 valence electrons. The third-order valence-electron chi connectivity index (χ3n) is 1.77. The Bertz CT molecular complexity index is 311. The quantitative estimate of drug-likeness (QED) is 0.561. The number of hydrogen-bond donors (Lipinski definition) is 0. The molecule has 0 radical (unpaired) electrons. The van der Waals surface area contributed by atoms with E-state index in [2.05, 4.69) is 0 Å². The molecule has 1 rings (SSSR count). The standard InChI is InChI=1S/C8H8Cl4Si/c1-2-13(11,12)8-4-3-6(9)5-7(8)10/h3-5H,2H2,1H3. The summed E-state index contributed by atoms with van der Waals surface area (Å²) in [6.07, 6.45) is 0. The molecule has 0 aliphatic carbocycles. The zero-order valence-corrected chi connectivity index (χ0v) is 11.0. The summed E-state index contributed by atoms with van der Waals surface area (Å²) >= 11 is 24.1. The van der Waals surface area contributed by atoms with E-state index in [-0.39, 0.29) is 0 Å². The lowest BCUT2D eigenvalue weighted by molar-refractivity contribution is 1.44. The minimum absolute atomic E-state index is 0.561. The van der Waals surface area contributed by atoms with Gasteiger partial charge in [0.2, 0.25) is 0 Å². The van der Waals surface area contributed by atoms with Gasteiger partial charge in [0.15, 0.2) is 0 Å². The highest BCUT2D eigenvalue weighted by Crippen LogP contribution is 2.25. The van der Waals surface area contributed by atoms with Crippen molar-refractivity contribution in [3.05, 3.63) is 28.2 Å². The molecule has 0 N–H and O–H groups in total. The third-order valence-corrected chi connectivity index (χ3v) is 7.41. The van der Waals surface area contributed by atoms with Crippen LogP contribution in [0.4, 0.5) is 0 Å². The van der Waals surface area contributed by atoms with Gasteiger partial charge in [-0.15, -0.1) is 22.2 Å². The second kappa shape index (κ2) is 4.41. The molecule has 1 aromatic rings. The molecule has 0 aliphatic rings. The summed E-state index contributed by atoms with van der Waals surface area (Å²) in [5.41, 5.74) is 0. The Morgan fingerprint density at radius 2 is 1.85 bits per heavy atom. The van der Waals surface area contributed by atoms with E-state index in [4.69, 9.17) is 45.4 Å². The first-order valence-electron chi connectivity index (χ1n) is 3.80. The van der Waals surface area contributed by atoms with Crippen molar-refractivity contribution in [1.82, 2.24) is 0 Å². The van der Waals surface area contributed by atoms with Gasteiger partial charge in [0, 0.05) is 10.0 Å². The van der Waals surface area contributed by atoms with E-state index >= 15 is 0 Å². The average molecular weight is 274 g/mol. The smallest absolute Gasteiger partial charge is 0.140 e. The first kappa shape index (κ1) is 11.7. The molecular weight excluding hydrogens is 266 g/mol. The van der Waals surface area contributed by atoms with Crippen LogP contribution in [-0.4, -0.2) is 6.69 Å². The largest absolute Gasteiger partial charge is 0.282 e. The molecule has 1 aromatic carbocycles. The van der Waals surface area contributed by atoms with Crippen LogP contribution in [0.5, 0.6) is 0 Å². The summed E-state index contributed by atoms with van der Waals surface area (Å²) in [7, 11) is 0. The van der Waals surface area contributed by atoms with Crippen molar-refractivity contribution in [1.29, 1.82) is 0 Å². The predicted molar refractivity (Wildman–Crippen MR) is 64.0 cm³/mol. The van der Waals surface area contributed by atoms with Gasteiger partial charge in [-0.3, -0.25) is 0 Å². The zero-order chi connectivity index (χ0) is 10.1. The Morgan fingerprint density at radius 1 is 1.23 bits per heavy atom. The number of benzene rings is 1. The predicted octanol–water partition coefficient (Wildman–Crippen LogP) is 4.14. The lowest BCUT2D eigenvalue weighted by Gasteiger charge is -2.16. The zero-order valence-electron chi connectivity index (χ0n) is 6.95. The van der Waals surface area contributed by atoms with Gasteiger partial charge in [-0.2, -0.15) is 0 Å². The molecule has 0 spiro atoms. The highest BCUT2D eigenvalue weighted by molar-refractivity contribution is 7.51. The van der Waals surface area contributed by atoms with Gasteiger partial charge in [-0.1, -0.05) is 36.2 Å². The monoisotopic (exact) mass is 272 g/mol. The van der Waals surface area contributed by atoms with Crippen molar-refractivity contribution in [2.24, 2.45) is 0 Å². The lowest BCUT2D eigenvalue weighted by atomic mass is 10.4. The summed E-state index contributed by atoms with van der Waals surface area (Å²) in [5.74, 6) is 0. The molecule has 0 atom stereocenters. The topological polar surface area (TPSA) is 0 Å². The first-order valence-corrected chi connectivity index (χ1v) is 8.79. The molecule has 0 amide bonds. The van der Waals surface area contributed by atoms with Crippen LogP contribution in [0.25, 0.3) is 0 Å². The molecule has 0 heterocycles. The molecule has 0 saturated heterocycles. The molecule has 0 fully saturated rings.